The summed E-state index contributed by atoms with van der Waals surface area (Å²) in [5, 5.41) is 11.5. The summed E-state index contributed by atoms with van der Waals surface area (Å²) in [4.78, 5) is 37.5. The third kappa shape index (κ3) is 7.04. The van der Waals surface area contributed by atoms with Crippen LogP contribution in [0.1, 0.15) is 35.2 Å². The van der Waals surface area contributed by atoms with Crippen LogP contribution in [0.5, 0.6) is 0 Å². The van der Waals surface area contributed by atoms with Crippen molar-refractivity contribution in [3.8, 4) is 0 Å². The Morgan fingerprint density at radius 3 is 2.48 bits per heavy atom. The number of carbonyl (C=O) groups excluding carboxylic acids is 2. The summed E-state index contributed by atoms with van der Waals surface area (Å²) < 4.78 is 0. The van der Waals surface area contributed by atoms with Crippen LogP contribution in [0.15, 0.2) is 54.6 Å². The molecule has 0 fully saturated rings. The van der Waals surface area contributed by atoms with Crippen molar-refractivity contribution in [2.45, 2.75) is 32.2 Å². The molecule has 0 aliphatic rings. The zero-order valence-corrected chi connectivity index (χ0v) is 16.5. The van der Waals surface area contributed by atoms with Gasteiger partial charge >= 0.3 is 5.97 Å². The number of aliphatic carboxylic acids is 1. The van der Waals surface area contributed by atoms with E-state index in [9.17, 15) is 14.4 Å². The van der Waals surface area contributed by atoms with E-state index in [-0.39, 0.29) is 31.2 Å². The second-order valence-electron chi connectivity index (χ2n) is 6.85. The van der Waals surface area contributed by atoms with Crippen LogP contribution in [0.4, 0.5) is 5.69 Å². The van der Waals surface area contributed by atoms with Gasteiger partial charge in [-0.3, -0.25) is 14.4 Å². The fourth-order valence-corrected chi connectivity index (χ4v) is 2.86. The fourth-order valence-electron chi connectivity index (χ4n) is 2.86. The van der Waals surface area contributed by atoms with Gasteiger partial charge in [-0.1, -0.05) is 30.3 Å². The molecule has 154 valence electrons. The number of nitrogens with one attached hydrogen (secondary N) is 1. The summed E-state index contributed by atoms with van der Waals surface area (Å²) in [5.41, 5.74) is 7.75. The Bertz CT molecular complexity index is 839. The SMILES string of the molecule is Cc1cccc(N(CCC(=O)NCCCC(N)C(=O)O)C(=O)c2ccccc2)c1. The van der Waals surface area contributed by atoms with Crippen LogP contribution in [0.25, 0.3) is 0 Å². The van der Waals surface area contributed by atoms with Crippen molar-refractivity contribution in [3.05, 3.63) is 65.7 Å². The molecule has 0 aliphatic carbocycles. The van der Waals surface area contributed by atoms with Crippen LogP contribution >= 0.6 is 0 Å². The molecule has 0 saturated carbocycles. The van der Waals surface area contributed by atoms with Gasteiger partial charge in [-0.05, 0) is 49.6 Å². The molecule has 0 saturated heterocycles. The first-order valence-electron chi connectivity index (χ1n) is 9.57. The van der Waals surface area contributed by atoms with E-state index >= 15 is 0 Å². The number of nitrogens with two attached hydrogens (primary N) is 1. The lowest BCUT2D eigenvalue weighted by atomic mass is 10.1. The number of rotatable bonds is 10. The Balaban J connectivity index is 1.97. The molecule has 2 amide bonds. The number of hydrogen-bond donors (Lipinski definition) is 3. The number of nitrogens with zero attached hydrogens (tertiary/aromatic N) is 1. The lowest BCUT2D eigenvalue weighted by Gasteiger charge is -2.23. The molecule has 0 aliphatic heterocycles. The molecule has 7 nitrogen and oxygen atoms in total. The molecule has 0 radical (unpaired) electrons. The number of benzene rings is 2. The summed E-state index contributed by atoms with van der Waals surface area (Å²) in [6.07, 6.45) is 0.902. The van der Waals surface area contributed by atoms with Crippen molar-refractivity contribution in [1.82, 2.24) is 5.32 Å². The molecular weight excluding hydrogens is 370 g/mol. The highest BCUT2D eigenvalue weighted by Gasteiger charge is 2.19. The van der Waals surface area contributed by atoms with Crippen LogP contribution in [0.3, 0.4) is 0 Å². The predicted molar refractivity (Wildman–Crippen MR) is 112 cm³/mol. The highest BCUT2D eigenvalue weighted by Crippen LogP contribution is 2.19. The molecule has 1 unspecified atom stereocenters. The number of anilines is 1. The molecular formula is C22H27N3O4. The molecule has 1 atom stereocenters. The summed E-state index contributed by atoms with van der Waals surface area (Å²) in [7, 11) is 0. The molecule has 2 aromatic carbocycles. The maximum Gasteiger partial charge on any atom is 0.320 e. The molecule has 0 heterocycles. The van der Waals surface area contributed by atoms with Gasteiger partial charge in [0.1, 0.15) is 6.04 Å². The normalized spacial score (nSPS) is 11.5. The van der Waals surface area contributed by atoms with Gasteiger partial charge in [0.2, 0.25) is 5.91 Å². The third-order valence-electron chi connectivity index (χ3n) is 4.47. The summed E-state index contributed by atoms with van der Waals surface area (Å²) in [5.74, 6) is -1.42. The van der Waals surface area contributed by atoms with E-state index in [2.05, 4.69) is 5.32 Å². The molecule has 0 aromatic heterocycles. The number of carboxylic acid groups (broad SMARTS) is 1. The molecule has 0 spiro atoms. The quantitative estimate of drug-likeness (QED) is 0.533. The molecule has 2 rings (SSSR count). The second-order valence-corrected chi connectivity index (χ2v) is 6.85. The molecule has 7 heteroatoms. The van der Waals surface area contributed by atoms with Crippen molar-refractivity contribution >= 4 is 23.5 Å². The minimum absolute atomic E-state index is 0.136. The van der Waals surface area contributed by atoms with E-state index in [1.165, 1.54) is 0 Å². The van der Waals surface area contributed by atoms with Gasteiger partial charge in [-0.2, -0.15) is 0 Å². The van der Waals surface area contributed by atoms with Crippen molar-refractivity contribution in [2.75, 3.05) is 18.0 Å². The molecule has 4 N–H and O–H groups in total. The van der Waals surface area contributed by atoms with Crippen LogP contribution in [-0.2, 0) is 9.59 Å². The van der Waals surface area contributed by atoms with Gasteiger partial charge in [0.05, 0.1) is 0 Å². The Morgan fingerprint density at radius 1 is 1.10 bits per heavy atom. The van der Waals surface area contributed by atoms with E-state index in [0.29, 0.717) is 18.5 Å². The zero-order chi connectivity index (χ0) is 21.2. The molecule has 0 bridgehead atoms. The Hall–Kier alpha value is -3.19. The largest absolute Gasteiger partial charge is 0.480 e. The number of carbonyl (C=O) groups is 3. The van der Waals surface area contributed by atoms with Crippen LogP contribution < -0.4 is 16.0 Å². The van der Waals surface area contributed by atoms with E-state index in [4.69, 9.17) is 10.8 Å². The predicted octanol–water partition coefficient (Wildman–Crippen LogP) is 2.34. The van der Waals surface area contributed by atoms with Crippen molar-refractivity contribution in [1.29, 1.82) is 0 Å². The Labute approximate surface area is 170 Å². The smallest absolute Gasteiger partial charge is 0.320 e. The molecule has 2 aromatic rings. The Kier molecular flexibility index (Phi) is 8.36. The van der Waals surface area contributed by atoms with Gasteiger partial charge in [0.15, 0.2) is 0 Å². The summed E-state index contributed by atoms with van der Waals surface area (Å²) in [6.45, 7) is 2.53. The average Bonchev–Trinajstić information content (AvgIpc) is 2.71. The summed E-state index contributed by atoms with van der Waals surface area (Å²) >= 11 is 0. The average molecular weight is 397 g/mol. The van der Waals surface area contributed by atoms with Crippen molar-refractivity contribution in [2.24, 2.45) is 5.73 Å². The van der Waals surface area contributed by atoms with Gasteiger partial charge in [0, 0.05) is 30.8 Å². The number of aryl methyl sites for hydroxylation is 1. The topological polar surface area (TPSA) is 113 Å². The lowest BCUT2D eigenvalue weighted by molar-refractivity contribution is -0.138. The highest BCUT2D eigenvalue weighted by atomic mass is 16.4. The standard InChI is InChI=1S/C22H27N3O4/c1-16-7-5-10-18(15-16)25(21(27)17-8-3-2-4-9-17)14-12-20(26)24-13-6-11-19(23)22(28)29/h2-5,7-10,15,19H,6,11-14,23H2,1H3,(H,24,26)(H,28,29). The highest BCUT2D eigenvalue weighted by molar-refractivity contribution is 6.06. The third-order valence-corrected chi connectivity index (χ3v) is 4.47. The minimum atomic E-state index is -1.05. The zero-order valence-electron chi connectivity index (χ0n) is 16.5. The van der Waals surface area contributed by atoms with Crippen LogP contribution in [-0.4, -0.2) is 42.0 Å². The van der Waals surface area contributed by atoms with Crippen LogP contribution in [0.2, 0.25) is 0 Å². The number of hydrogen-bond acceptors (Lipinski definition) is 4. The molecule has 29 heavy (non-hydrogen) atoms. The monoisotopic (exact) mass is 397 g/mol. The first-order chi connectivity index (χ1) is 13.9. The van der Waals surface area contributed by atoms with Crippen LogP contribution in [0, 0.1) is 6.92 Å². The Morgan fingerprint density at radius 2 is 1.83 bits per heavy atom. The number of carboxylic acids is 1. The van der Waals surface area contributed by atoms with Crippen molar-refractivity contribution < 1.29 is 19.5 Å². The minimum Gasteiger partial charge on any atom is -0.480 e. The van der Waals surface area contributed by atoms with Gasteiger partial charge in [0.25, 0.3) is 5.91 Å². The van der Waals surface area contributed by atoms with E-state index in [1.807, 2.05) is 37.3 Å². The van der Waals surface area contributed by atoms with Gasteiger partial charge in [-0.15, -0.1) is 0 Å². The van der Waals surface area contributed by atoms with Gasteiger partial charge < -0.3 is 21.1 Å². The van der Waals surface area contributed by atoms with E-state index < -0.39 is 12.0 Å². The maximum absolute atomic E-state index is 13.0. The fraction of sp³-hybridized carbons (Fsp3) is 0.318. The second kappa shape index (κ2) is 11.0. The first-order valence-corrected chi connectivity index (χ1v) is 9.57. The van der Waals surface area contributed by atoms with Crippen molar-refractivity contribution in [3.63, 3.8) is 0 Å². The lowest BCUT2D eigenvalue weighted by Crippen LogP contribution is -2.36. The maximum atomic E-state index is 13.0. The number of amides is 2. The summed E-state index contributed by atoms with van der Waals surface area (Å²) in [6, 6.07) is 15.6. The van der Waals surface area contributed by atoms with Gasteiger partial charge in [-0.25, -0.2) is 0 Å². The van der Waals surface area contributed by atoms with E-state index in [1.54, 1.807) is 29.2 Å². The first kappa shape index (κ1) is 22.1. The van der Waals surface area contributed by atoms with E-state index in [0.717, 1.165) is 11.3 Å².